The van der Waals surface area contributed by atoms with Crippen molar-refractivity contribution in [3.05, 3.63) is 39.6 Å². The number of halogens is 2. The first-order valence-electron chi connectivity index (χ1n) is 9.91. The van der Waals surface area contributed by atoms with E-state index in [2.05, 4.69) is 5.16 Å². The highest BCUT2D eigenvalue weighted by atomic mass is 35.5. The van der Waals surface area contributed by atoms with Gasteiger partial charge >= 0.3 is 0 Å². The highest BCUT2D eigenvalue weighted by molar-refractivity contribution is 6.39. The Morgan fingerprint density at radius 1 is 1.07 bits per heavy atom. The van der Waals surface area contributed by atoms with Crippen molar-refractivity contribution in [3.63, 3.8) is 0 Å². The number of fused-ring (bicyclic) bond motifs is 2. The maximum absolute atomic E-state index is 6.43. The molecule has 1 aromatic heterocycles. The van der Waals surface area contributed by atoms with E-state index >= 15 is 0 Å². The van der Waals surface area contributed by atoms with E-state index in [-0.39, 0.29) is 6.10 Å². The topological polar surface area (TPSA) is 61.3 Å². The van der Waals surface area contributed by atoms with Gasteiger partial charge in [-0.15, -0.1) is 0 Å². The molecule has 3 saturated carbocycles. The number of rotatable bonds is 5. The van der Waals surface area contributed by atoms with Crippen LogP contribution in [0.1, 0.15) is 55.8 Å². The van der Waals surface area contributed by atoms with Crippen LogP contribution in [-0.4, -0.2) is 17.3 Å². The predicted octanol–water partition coefficient (Wildman–Crippen LogP) is 5.56. The lowest BCUT2D eigenvalue weighted by Gasteiger charge is -2.33. The Morgan fingerprint density at radius 3 is 2.37 bits per heavy atom. The SMILES string of the molecule is N[C@H]1[C@@H]2CC[C@H]1C[C@H](OCc1c(-c3c(Cl)cccc3Cl)noc1C1CC1)C2. The predicted molar refractivity (Wildman–Crippen MR) is 106 cm³/mol. The highest BCUT2D eigenvalue weighted by Crippen LogP contribution is 2.47. The Bertz CT molecular complexity index is 814. The van der Waals surface area contributed by atoms with Gasteiger partial charge in [0.2, 0.25) is 0 Å². The maximum Gasteiger partial charge on any atom is 0.145 e. The number of hydrogen-bond acceptors (Lipinski definition) is 4. The molecule has 4 atom stereocenters. The minimum atomic E-state index is 0.263. The minimum absolute atomic E-state index is 0.263. The summed E-state index contributed by atoms with van der Waals surface area (Å²) in [6.45, 7) is 0.492. The van der Waals surface area contributed by atoms with Crippen LogP contribution in [0.25, 0.3) is 11.3 Å². The van der Waals surface area contributed by atoms with E-state index in [1.54, 1.807) is 0 Å². The van der Waals surface area contributed by atoms with Gasteiger partial charge in [0, 0.05) is 23.1 Å². The third-order valence-corrected chi connectivity index (χ3v) is 7.19. The number of ether oxygens (including phenoxy) is 1. The zero-order chi connectivity index (χ0) is 18.5. The van der Waals surface area contributed by atoms with Crippen molar-refractivity contribution in [2.75, 3.05) is 0 Å². The average molecular weight is 407 g/mol. The van der Waals surface area contributed by atoms with E-state index in [0.717, 1.165) is 48.3 Å². The summed E-state index contributed by atoms with van der Waals surface area (Å²) in [7, 11) is 0. The van der Waals surface area contributed by atoms with E-state index in [0.29, 0.717) is 40.4 Å². The van der Waals surface area contributed by atoms with Crippen LogP contribution < -0.4 is 5.73 Å². The fourth-order valence-corrected chi connectivity index (χ4v) is 5.48. The van der Waals surface area contributed by atoms with Crippen LogP contribution in [0.3, 0.4) is 0 Å². The first-order chi connectivity index (χ1) is 13.1. The second kappa shape index (κ2) is 7.07. The van der Waals surface area contributed by atoms with E-state index in [1.807, 2.05) is 18.2 Å². The summed E-state index contributed by atoms with van der Waals surface area (Å²) in [6.07, 6.45) is 7.15. The molecule has 1 heterocycles. The van der Waals surface area contributed by atoms with Crippen molar-refractivity contribution < 1.29 is 9.26 Å². The number of nitrogens with zero attached hydrogens (tertiary/aromatic N) is 1. The number of benzene rings is 1. The normalized spacial score (nSPS) is 30.0. The van der Waals surface area contributed by atoms with E-state index < -0.39 is 0 Å². The smallest absolute Gasteiger partial charge is 0.145 e. The fourth-order valence-electron chi connectivity index (χ4n) is 4.90. The van der Waals surface area contributed by atoms with Gasteiger partial charge in [0.1, 0.15) is 11.5 Å². The quantitative estimate of drug-likeness (QED) is 0.705. The largest absolute Gasteiger partial charge is 0.373 e. The lowest BCUT2D eigenvalue weighted by Crippen LogP contribution is -2.40. The summed E-state index contributed by atoms with van der Waals surface area (Å²) in [5.74, 6) is 2.60. The van der Waals surface area contributed by atoms with Crippen molar-refractivity contribution >= 4 is 23.2 Å². The molecule has 0 unspecified atom stereocenters. The number of nitrogens with two attached hydrogens (primary N) is 1. The molecule has 2 N–H and O–H groups in total. The van der Waals surface area contributed by atoms with Crippen LogP contribution in [0.5, 0.6) is 0 Å². The molecule has 6 heteroatoms. The Hall–Kier alpha value is -1.07. The monoisotopic (exact) mass is 406 g/mol. The molecule has 0 radical (unpaired) electrons. The molecule has 3 fully saturated rings. The van der Waals surface area contributed by atoms with Gasteiger partial charge in [-0.25, -0.2) is 0 Å². The Morgan fingerprint density at radius 2 is 1.74 bits per heavy atom. The zero-order valence-corrected chi connectivity index (χ0v) is 16.7. The lowest BCUT2D eigenvalue weighted by molar-refractivity contribution is -0.00648. The summed E-state index contributed by atoms with van der Waals surface area (Å²) in [5.41, 5.74) is 8.80. The third-order valence-electron chi connectivity index (χ3n) is 6.56. The number of aromatic nitrogens is 1. The molecule has 0 spiro atoms. The van der Waals surface area contributed by atoms with Crippen LogP contribution in [0, 0.1) is 11.8 Å². The van der Waals surface area contributed by atoms with E-state index in [4.69, 9.17) is 38.2 Å². The molecule has 0 saturated heterocycles. The summed E-state index contributed by atoms with van der Waals surface area (Å²) in [4.78, 5) is 0. The molecule has 3 aliphatic carbocycles. The molecule has 0 aliphatic heterocycles. The van der Waals surface area contributed by atoms with Gasteiger partial charge < -0.3 is 15.0 Å². The van der Waals surface area contributed by atoms with Crippen molar-refractivity contribution in [3.8, 4) is 11.3 Å². The summed E-state index contributed by atoms with van der Waals surface area (Å²) >= 11 is 12.9. The molecule has 0 amide bonds. The van der Waals surface area contributed by atoms with Crippen LogP contribution in [0.4, 0.5) is 0 Å². The second-order valence-electron chi connectivity index (χ2n) is 8.32. The number of hydrogen-bond donors (Lipinski definition) is 1. The first-order valence-corrected chi connectivity index (χ1v) is 10.7. The molecule has 144 valence electrons. The van der Waals surface area contributed by atoms with Crippen molar-refractivity contribution in [2.24, 2.45) is 17.6 Å². The Labute approximate surface area is 169 Å². The molecule has 2 bridgehead atoms. The van der Waals surface area contributed by atoms with Crippen LogP contribution >= 0.6 is 23.2 Å². The molecule has 4 nitrogen and oxygen atoms in total. The van der Waals surface area contributed by atoms with Crippen LogP contribution in [0.15, 0.2) is 22.7 Å². The van der Waals surface area contributed by atoms with Gasteiger partial charge in [-0.1, -0.05) is 34.4 Å². The standard InChI is InChI=1S/C21H24Cl2N2O2/c22-16-2-1-3-17(23)18(16)20-15(21(27-25-20)11-4-5-11)10-26-14-8-12-6-7-13(9-14)19(12)24/h1-3,11-14,19H,4-10,24H2/t12-,13+,14-,19+. The molecule has 27 heavy (non-hydrogen) atoms. The molecule has 1 aromatic carbocycles. The summed E-state index contributed by atoms with van der Waals surface area (Å²) in [6, 6.07) is 5.87. The fraction of sp³-hybridized carbons (Fsp3) is 0.571. The van der Waals surface area contributed by atoms with Crippen molar-refractivity contribution in [2.45, 2.75) is 63.2 Å². The van der Waals surface area contributed by atoms with Crippen LogP contribution in [0.2, 0.25) is 10.0 Å². The molecule has 3 aliphatic rings. The second-order valence-corrected chi connectivity index (χ2v) is 9.14. The van der Waals surface area contributed by atoms with Gasteiger partial charge in [0.05, 0.1) is 22.8 Å². The lowest BCUT2D eigenvalue weighted by atomic mass is 9.83. The van der Waals surface area contributed by atoms with Gasteiger partial charge in [0.15, 0.2) is 0 Å². The van der Waals surface area contributed by atoms with Gasteiger partial charge in [-0.05, 0) is 62.5 Å². The molecular formula is C21H24Cl2N2O2. The van der Waals surface area contributed by atoms with E-state index in [9.17, 15) is 0 Å². The minimum Gasteiger partial charge on any atom is -0.373 e. The third kappa shape index (κ3) is 3.31. The van der Waals surface area contributed by atoms with Crippen molar-refractivity contribution in [1.29, 1.82) is 0 Å². The maximum atomic E-state index is 6.43. The van der Waals surface area contributed by atoms with Gasteiger partial charge in [-0.2, -0.15) is 0 Å². The highest BCUT2D eigenvalue weighted by Gasteiger charge is 2.41. The van der Waals surface area contributed by atoms with Gasteiger partial charge in [-0.3, -0.25) is 0 Å². The Kier molecular flexibility index (Phi) is 4.71. The molecule has 2 aromatic rings. The van der Waals surface area contributed by atoms with E-state index in [1.165, 1.54) is 12.8 Å². The average Bonchev–Trinajstić information content (AvgIpc) is 3.38. The first kappa shape index (κ1) is 18.0. The molecular weight excluding hydrogens is 383 g/mol. The van der Waals surface area contributed by atoms with Gasteiger partial charge in [0.25, 0.3) is 0 Å². The van der Waals surface area contributed by atoms with Crippen LogP contribution in [-0.2, 0) is 11.3 Å². The summed E-state index contributed by atoms with van der Waals surface area (Å²) in [5, 5.41) is 5.51. The molecule has 5 rings (SSSR count). The van der Waals surface area contributed by atoms with Crippen molar-refractivity contribution in [1.82, 2.24) is 5.16 Å². The zero-order valence-electron chi connectivity index (χ0n) is 15.2. The Balaban J connectivity index is 1.41. The summed E-state index contributed by atoms with van der Waals surface area (Å²) < 4.78 is 12.1.